The number of aryl methyl sites for hydroxylation is 1. The lowest BCUT2D eigenvalue weighted by Crippen LogP contribution is -2.23. The average molecular weight is 389 g/mol. The summed E-state index contributed by atoms with van der Waals surface area (Å²) in [5.41, 5.74) is 3.90. The largest absolute Gasteiger partial charge is 0.320 e. The third kappa shape index (κ3) is 4.80. The molecule has 0 aliphatic rings. The molecule has 0 aliphatic carbocycles. The van der Waals surface area contributed by atoms with Crippen molar-refractivity contribution in [3.63, 3.8) is 0 Å². The number of benzene rings is 2. The minimum absolute atomic E-state index is 0.0804. The van der Waals surface area contributed by atoms with E-state index >= 15 is 0 Å². The lowest BCUT2D eigenvalue weighted by Gasteiger charge is -2.23. The van der Waals surface area contributed by atoms with Crippen molar-refractivity contribution in [1.82, 2.24) is 9.97 Å². The first-order chi connectivity index (χ1) is 13.8. The summed E-state index contributed by atoms with van der Waals surface area (Å²) >= 11 is 0. The molecule has 1 N–H and O–H groups in total. The van der Waals surface area contributed by atoms with Crippen LogP contribution in [0.4, 0.5) is 17.3 Å². The van der Waals surface area contributed by atoms with Gasteiger partial charge in [0.15, 0.2) is 0 Å². The highest BCUT2D eigenvalue weighted by atomic mass is 16.1. The molecule has 0 aliphatic heterocycles. The van der Waals surface area contributed by atoms with E-state index in [4.69, 9.17) is 0 Å². The summed E-state index contributed by atoms with van der Waals surface area (Å²) in [6.45, 7) is 11.0. The number of carbonyl (C=O) groups is 1. The van der Waals surface area contributed by atoms with Gasteiger partial charge in [0.05, 0.1) is 0 Å². The second kappa shape index (κ2) is 8.43. The van der Waals surface area contributed by atoms with Gasteiger partial charge in [-0.15, -0.1) is 0 Å². The molecule has 1 aromatic heterocycles. The average Bonchev–Trinajstić information content (AvgIpc) is 2.68. The summed E-state index contributed by atoms with van der Waals surface area (Å²) in [5.74, 6) is 0.283. The number of rotatable bonds is 5. The Bertz CT molecular complexity index is 993. The zero-order valence-corrected chi connectivity index (χ0v) is 17.7. The van der Waals surface area contributed by atoms with Crippen molar-refractivity contribution in [3.8, 4) is 0 Å². The summed E-state index contributed by atoms with van der Waals surface area (Å²) in [4.78, 5) is 24.2. The standard InChI is InChI=1S/C24H28N4O/c1-6-28(18-12-8-7-9-13-18)23-25-17(2)16-21(27-23)22(29)26-20-15-11-10-14-19(20)24(3,4)5/h7-16H,6H2,1-5H3,(H,26,29). The van der Waals surface area contributed by atoms with E-state index in [0.717, 1.165) is 22.6 Å². The molecule has 1 amide bonds. The molecule has 0 saturated heterocycles. The highest BCUT2D eigenvalue weighted by Gasteiger charge is 2.20. The Labute approximate surface area is 172 Å². The van der Waals surface area contributed by atoms with Gasteiger partial charge in [-0.2, -0.15) is 0 Å². The second-order valence-corrected chi connectivity index (χ2v) is 8.02. The Kier molecular flexibility index (Phi) is 5.97. The van der Waals surface area contributed by atoms with Gasteiger partial charge >= 0.3 is 0 Å². The normalized spacial score (nSPS) is 11.2. The van der Waals surface area contributed by atoms with Gasteiger partial charge in [-0.1, -0.05) is 57.2 Å². The summed E-state index contributed by atoms with van der Waals surface area (Å²) in [6, 6.07) is 19.5. The fourth-order valence-electron chi connectivity index (χ4n) is 3.27. The predicted molar refractivity (Wildman–Crippen MR) is 119 cm³/mol. The van der Waals surface area contributed by atoms with Crippen LogP contribution in [0.5, 0.6) is 0 Å². The van der Waals surface area contributed by atoms with Gasteiger partial charge in [0, 0.05) is 23.6 Å². The van der Waals surface area contributed by atoms with E-state index in [1.807, 2.05) is 73.3 Å². The first-order valence-electron chi connectivity index (χ1n) is 9.88. The highest BCUT2D eigenvalue weighted by Crippen LogP contribution is 2.29. The second-order valence-electron chi connectivity index (χ2n) is 8.02. The Morgan fingerprint density at radius 2 is 1.66 bits per heavy atom. The van der Waals surface area contributed by atoms with Crippen LogP contribution in [0.1, 0.15) is 49.4 Å². The Morgan fingerprint density at radius 1 is 1.00 bits per heavy atom. The van der Waals surface area contributed by atoms with Gasteiger partial charge in [0.2, 0.25) is 5.95 Å². The topological polar surface area (TPSA) is 58.1 Å². The number of hydrogen-bond acceptors (Lipinski definition) is 4. The first kappa shape index (κ1) is 20.5. The maximum Gasteiger partial charge on any atom is 0.274 e. The van der Waals surface area contributed by atoms with E-state index in [9.17, 15) is 4.79 Å². The SMILES string of the molecule is CCN(c1ccccc1)c1nc(C)cc(C(=O)Nc2ccccc2C(C)(C)C)n1. The molecule has 3 aromatic rings. The van der Waals surface area contributed by atoms with Gasteiger partial charge in [0.1, 0.15) is 5.69 Å². The number of nitrogens with zero attached hydrogens (tertiary/aromatic N) is 3. The molecule has 5 heteroatoms. The lowest BCUT2D eigenvalue weighted by atomic mass is 9.86. The maximum atomic E-state index is 13.0. The van der Waals surface area contributed by atoms with Crippen LogP contribution in [0.3, 0.4) is 0 Å². The van der Waals surface area contributed by atoms with Crippen LogP contribution >= 0.6 is 0 Å². The highest BCUT2D eigenvalue weighted by molar-refractivity contribution is 6.03. The molecule has 0 fully saturated rings. The van der Waals surface area contributed by atoms with Crippen LogP contribution in [0, 0.1) is 6.92 Å². The molecule has 150 valence electrons. The number of carbonyl (C=O) groups excluding carboxylic acids is 1. The molecule has 0 atom stereocenters. The quantitative estimate of drug-likeness (QED) is 0.628. The molecular formula is C24H28N4O. The molecule has 0 bridgehead atoms. The fraction of sp³-hybridized carbons (Fsp3) is 0.292. The number of aromatic nitrogens is 2. The van der Waals surface area contributed by atoms with E-state index in [1.54, 1.807) is 6.07 Å². The molecule has 0 spiro atoms. The minimum Gasteiger partial charge on any atom is -0.320 e. The van der Waals surface area contributed by atoms with Gasteiger partial charge in [-0.3, -0.25) is 4.79 Å². The molecule has 0 radical (unpaired) electrons. The van der Waals surface area contributed by atoms with Crippen molar-refractivity contribution in [2.75, 3.05) is 16.8 Å². The lowest BCUT2D eigenvalue weighted by molar-refractivity contribution is 0.102. The molecule has 0 saturated carbocycles. The molecule has 3 rings (SSSR count). The summed E-state index contributed by atoms with van der Waals surface area (Å²) in [7, 11) is 0. The maximum absolute atomic E-state index is 13.0. The van der Waals surface area contributed by atoms with Crippen molar-refractivity contribution in [2.24, 2.45) is 0 Å². The van der Waals surface area contributed by atoms with Crippen LogP contribution in [-0.2, 0) is 5.41 Å². The van der Waals surface area contributed by atoms with Crippen LogP contribution in [-0.4, -0.2) is 22.4 Å². The number of nitrogens with one attached hydrogen (secondary N) is 1. The van der Waals surface area contributed by atoms with Crippen LogP contribution < -0.4 is 10.2 Å². The van der Waals surface area contributed by atoms with Gasteiger partial charge in [0.25, 0.3) is 5.91 Å². The van der Waals surface area contributed by atoms with Crippen LogP contribution in [0.25, 0.3) is 0 Å². The molecule has 1 heterocycles. The zero-order chi connectivity index (χ0) is 21.0. The van der Waals surface area contributed by atoms with Crippen LogP contribution in [0.15, 0.2) is 60.7 Å². The fourth-order valence-corrected chi connectivity index (χ4v) is 3.27. The van der Waals surface area contributed by atoms with Gasteiger partial charge < -0.3 is 10.2 Å². The third-order valence-electron chi connectivity index (χ3n) is 4.68. The zero-order valence-electron chi connectivity index (χ0n) is 17.7. The van der Waals surface area contributed by atoms with Crippen molar-refractivity contribution in [1.29, 1.82) is 0 Å². The first-order valence-corrected chi connectivity index (χ1v) is 9.88. The van der Waals surface area contributed by atoms with Gasteiger partial charge in [-0.25, -0.2) is 9.97 Å². The van der Waals surface area contributed by atoms with E-state index in [0.29, 0.717) is 18.2 Å². The Morgan fingerprint density at radius 3 is 2.31 bits per heavy atom. The molecule has 29 heavy (non-hydrogen) atoms. The number of para-hydroxylation sites is 2. The van der Waals surface area contributed by atoms with E-state index < -0.39 is 0 Å². The third-order valence-corrected chi connectivity index (χ3v) is 4.68. The minimum atomic E-state index is -0.238. The van der Waals surface area contributed by atoms with Gasteiger partial charge in [-0.05, 0) is 49.1 Å². The predicted octanol–water partition coefficient (Wildman–Crippen LogP) is 5.49. The monoisotopic (exact) mass is 388 g/mol. The summed E-state index contributed by atoms with van der Waals surface area (Å²) in [6.07, 6.45) is 0. The smallest absolute Gasteiger partial charge is 0.274 e. The van der Waals surface area contributed by atoms with E-state index in [-0.39, 0.29) is 11.3 Å². The summed E-state index contributed by atoms with van der Waals surface area (Å²) in [5, 5.41) is 3.04. The molecule has 5 nitrogen and oxygen atoms in total. The van der Waals surface area contributed by atoms with Crippen molar-refractivity contribution in [3.05, 3.63) is 77.6 Å². The molecular weight excluding hydrogens is 360 g/mol. The Hall–Kier alpha value is -3.21. The van der Waals surface area contributed by atoms with Crippen molar-refractivity contribution >= 4 is 23.2 Å². The van der Waals surface area contributed by atoms with Crippen LogP contribution in [0.2, 0.25) is 0 Å². The van der Waals surface area contributed by atoms with Crippen molar-refractivity contribution in [2.45, 2.75) is 40.0 Å². The van der Waals surface area contributed by atoms with Crippen molar-refractivity contribution < 1.29 is 4.79 Å². The van der Waals surface area contributed by atoms with E-state index in [2.05, 4.69) is 36.1 Å². The molecule has 2 aromatic carbocycles. The Balaban J connectivity index is 1.94. The number of anilines is 3. The van der Waals surface area contributed by atoms with E-state index in [1.165, 1.54) is 0 Å². The number of amides is 1. The number of hydrogen-bond donors (Lipinski definition) is 1. The molecule has 0 unspecified atom stereocenters. The summed E-state index contributed by atoms with van der Waals surface area (Å²) < 4.78 is 0.